The molecule has 0 aliphatic carbocycles. The molecule has 3 rings (SSSR count). The highest BCUT2D eigenvalue weighted by atomic mass is 16.5. The molecule has 0 aliphatic rings. The summed E-state index contributed by atoms with van der Waals surface area (Å²) < 4.78 is 5.24. The molecule has 0 spiro atoms. The number of methoxy groups -OCH3 is 1. The van der Waals surface area contributed by atoms with E-state index in [9.17, 15) is 0 Å². The SMILES string of the molecule is COc1cc(NCc2cccc3ccccc23)ccc1N. The molecule has 0 atom stereocenters. The summed E-state index contributed by atoms with van der Waals surface area (Å²) in [5.41, 5.74) is 8.74. The van der Waals surface area contributed by atoms with Gasteiger partial charge in [0.1, 0.15) is 5.75 Å². The van der Waals surface area contributed by atoms with Crippen LogP contribution < -0.4 is 15.8 Å². The summed E-state index contributed by atoms with van der Waals surface area (Å²) in [6.07, 6.45) is 0. The minimum absolute atomic E-state index is 0.646. The van der Waals surface area contributed by atoms with Gasteiger partial charge in [0.2, 0.25) is 0 Å². The van der Waals surface area contributed by atoms with Gasteiger partial charge in [0, 0.05) is 18.3 Å². The van der Waals surface area contributed by atoms with Crippen LogP contribution in [0.4, 0.5) is 11.4 Å². The molecule has 3 heteroatoms. The highest BCUT2D eigenvalue weighted by Gasteiger charge is 2.03. The van der Waals surface area contributed by atoms with Gasteiger partial charge in [-0.3, -0.25) is 0 Å². The lowest BCUT2D eigenvalue weighted by Gasteiger charge is -2.11. The lowest BCUT2D eigenvalue weighted by Crippen LogP contribution is -2.01. The van der Waals surface area contributed by atoms with Crippen LogP contribution in [0.25, 0.3) is 10.8 Å². The number of nitrogens with two attached hydrogens (primary N) is 1. The molecule has 0 aromatic heterocycles. The summed E-state index contributed by atoms with van der Waals surface area (Å²) in [7, 11) is 1.63. The number of hydrogen-bond donors (Lipinski definition) is 2. The van der Waals surface area contributed by atoms with E-state index in [0.717, 1.165) is 12.2 Å². The van der Waals surface area contributed by atoms with E-state index >= 15 is 0 Å². The summed E-state index contributed by atoms with van der Waals surface area (Å²) >= 11 is 0. The smallest absolute Gasteiger partial charge is 0.143 e. The van der Waals surface area contributed by atoms with Crippen LogP contribution >= 0.6 is 0 Å². The van der Waals surface area contributed by atoms with Crippen LogP contribution in [0.2, 0.25) is 0 Å². The summed E-state index contributed by atoms with van der Waals surface area (Å²) in [6, 6.07) is 20.5. The molecular weight excluding hydrogens is 260 g/mol. The van der Waals surface area contributed by atoms with Crippen LogP contribution in [-0.4, -0.2) is 7.11 Å². The fourth-order valence-electron chi connectivity index (χ4n) is 2.47. The second-order valence-corrected chi connectivity index (χ2v) is 4.95. The maximum Gasteiger partial charge on any atom is 0.143 e. The molecule has 0 heterocycles. The van der Waals surface area contributed by atoms with Crippen molar-refractivity contribution in [3.8, 4) is 5.75 Å². The highest BCUT2D eigenvalue weighted by Crippen LogP contribution is 2.26. The number of anilines is 2. The van der Waals surface area contributed by atoms with Crippen molar-refractivity contribution in [2.24, 2.45) is 0 Å². The molecule has 0 saturated heterocycles. The van der Waals surface area contributed by atoms with Crippen molar-refractivity contribution in [3.63, 3.8) is 0 Å². The van der Waals surface area contributed by atoms with E-state index < -0.39 is 0 Å². The van der Waals surface area contributed by atoms with Crippen LogP contribution in [0.1, 0.15) is 5.56 Å². The Hall–Kier alpha value is -2.68. The predicted octanol–water partition coefficient (Wildman–Crippen LogP) is 4.04. The normalized spacial score (nSPS) is 10.5. The second kappa shape index (κ2) is 5.75. The van der Waals surface area contributed by atoms with Crippen molar-refractivity contribution in [1.82, 2.24) is 0 Å². The summed E-state index contributed by atoms with van der Waals surface area (Å²) in [6.45, 7) is 0.758. The molecule has 0 radical (unpaired) electrons. The number of hydrogen-bond acceptors (Lipinski definition) is 3. The van der Waals surface area contributed by atoms with Gasteiger partial charge < -0.3 is 15.8 Å². The predicted molar refractivity (Wildman–Crippen MR) is 88.7 cm³/mol. The minimum Gasteiger partial charge on any atom is -0.495 e. The molecule has 106 valence electrons. The van der Waals surface area contributed by atoms with Gasteiger partial charge in [0.15, 0.2) is 0 Å². The molecule has 0 bridgehead atoms. The molecule has 0 saturated carbocycles. The summed E-state index contributed by atoms with van der Waals surface area (Å²) in [5.74, 6) is 0.693. The number of nitrogens with one attached hydrogen (secondary N) is 1. The molecule has 3 N–H and O–H groups in total. The number of fused-ring (bicyclic) bond motifs is 1. The Morgan fingerprint density at radius 3 is 2.67 bits per heavy atom. The Bertz CT molecular complexity index is 763. The molecule has 3 nitrogen and oxygen atoms in total. The van der Waals surface area contributed by atoms with Crippen LogP contribution in [-0.2, 0) is 6.54 Å². The van der Waals surface area contributed by atoms with E-state index in [2.05, 4.69) is 47.8 Å². The summed E-state index contributed by atoms with van der Waals surface area (Å²) in [5, 5.41) is 5.95. The van der Waals surface area contributed by atoms with Gasteiger partial charge >= 0.3 is 0 Å². The van der Waals surface area contributed by atoms with Crippen molar-refractivity contribution in [3.05, 3.63) is 66.2 Å². The van der Waals surface area contributed by atoms with Crippen molar-refractivity contribution < 1.29 is 4.74 Å². The van der Waals surface area contributed by atoms with Gasteiger partial charge in [-0.1, -0.05) is 42.5 Å². The third-order valence-electron chi connectivity index (χ3n) is 3.60. The first kappa shape index (κ1) is 13.3. The van der Waals surface area contributed by atoms with Gasteiger partial charge in [-0.2, -0.15) is 0 Å². The fraction of sp³-hybridized carbons (Fsp3) is 0.111. The Labute approximate surface area is 124 Å². The zero-order chi connectivity index (χ0) is 14.7. The van der Waals surface area contributed by atoms with E-state index in [1.165, 1.54) is 16.3 Å². The van der Waals surface area contributed by atoms with Gasteiger partial charge in [0.25, 0.3) is 0 Å². The van der Waals surface area contributed by atoms with E-state index in [-0.39, 0.29) is 0 Å². The first-order chi connectivity index (χ1) is 10.3. The Morgan fingerprint density at radius 2 is 1.81 bits per heavy atom. The Kier molecular flexibility index (Phi) is 3.65. The third-order valence-corrected chi connectivity index (χ3v) is 3.60. The van der Waals surface area contributed by atoms with E-state index in [4.69, 9.17) is 10.5 Å². The standard InChI is InChI=1S/C18H18N2O/c1-21-18-11-15(9-10-17(18)19)20-12-14-7-4-6-13-5-2-3-8-16(13)14/h2-11,20H,12,19H2,1H3. The van der Waals surface area contributed by atoms with Gasteiger partial charge in [-0.05, 0) is 28.5 Å². The van der Waals surface area contributed by atoms with Crippen LogP contribution in [0.5, 0.6) is 5.75 Å². The average Bonchev–Trinajstić information content (AvgIpc) is 2.54. The quantitative estimate of drug-likeness (QED) is 0.708. The van der Waals surface area contributed by atoms with Crippen molar-refractivity contribution in [2.45, 2.75) is 6.54 Å². The minimum atomic E-state index is 0.646. The first-order valence-corrected chi connectivity index (χ1v) is 6.92. The van der Waals surface area contributed by atoms with E-state index in [1.54, 1.807) is 7.11 Å². The molecule has 3 aromatic rings. The first-order valence-electron chi connectivity index (χ1n) is 6.92. The Balaban J connectivity index is 1.83. The van der Waals surface area contributed by atoms with E-state index in [1.807, 2.05) is 18.2 Å². The van der Waals surface area contributed by atoms with Gasteiger partial charge in [0.05, 0.1) is 12.8 Å². The zero-order valence-electron chi connectivity index (χ0n) is 12.0. The average molecular weight is 278 g/mol. The molecule has 0 fully saturated rings. The van der Waals surface area contributed by atoms with Gasteiger partial charge in [-0.15, -0.1) is 0 Å². The molecular formula is C18H18N2O. The molecule has 0 amide bonds. The monoisotopic (exact) mass is 278 g/mol. The van der Waals surface area contributed by atoms with Crippen molar-refractivity contribution >= 4 is 22.1 Å². The fourth-order valence-corrected chi connectivity index (χ4v) is 2.47. The van der Waals surface area contributed by atoms with Crippen LogP contribution in [0.15, 0.2) is 60.7 Å². The second-order valence-electron chi connectivity index (χ2n) is 4.95. The number of nitrogen functional groups attached to an aromatic ring is 1. The molecule has 3 aromatic carbocycles. The maximum absolute atomic E-state index is 5.83. The number of ether oxygens (including phenoxy) is 1. The number of benzene rings is 3. The van der Waals surface area contributed by atoms with Crippen LogP contribution in [0, 0.1) is 0 Å². The number of rotatable bonds is 4. The highest BCUT2D eigenvalue weighted by molar-refractivity contribution is 5.85. The van der Waals surface area contributed by atoms with Gasteiger partial charge in [-0.25, -0.2) is 0 Å². The topological polar surface area (TPSA) is 47.3 Å². The van der Waals surface area contributed by atoms with E-state index in [0.29, 0.717) is 11.4 Å². The Morgan fingerprint density at radius 1 is 1.00 bits per heavy atom. The summed E-state index contributed by atoms with van der Waals surface area (Å²) in [4.78, 5) is 0. The zero-order valence-corrected chi connectivity index (χ0v) is 12.0. The molecule has 0 unspecified atom stereocenters. The molecule has 0 aliphatic heterocycles. The third kappa shape index (κ3) is 2.77. The molecule has 21 heavy (non-hydrogen) atoms. The van der Waals surface area contributed by atoms with Crippen LogP contribution in [0.3, 0.4) is 0 Å². The largest absolute Gasteiger partial charge is 0.495 e. The lowest BCUT2D eigenvalue weighted by atomic mass is 10.0. The van der Waals surface area contributed by atoms with Crippen molar-refractivity contribution in [1.29, 1.82) is 0 Å². The lowest BCUT2D eigenvalue weighted by molar-refractivity contribution is 0.417. The van der Waals surface area contributed by atoms with Crippen molar-refractivity contribution in [2.75, 3.05) is 18.2 Å². The maximum atomic E-state index is 5.83.